The average molecular weight is 356 g/mol. The minimum absolute atomic E-state index is 0.297. The molecule has 0 aliphatic carbocycles. The Bertz CT molecular complexity index is 1060. The predicted molar refractivity (Wildman–Crippen MR) is 108 cm³/mol. The number of hydrogen-bond acceptors (Lipinski definition) is 4. The minimum atomic E-state index is -0.297. The van der Waals surface area contributed by atoms with Crippen LogP contribution in [-0.4, -0.2) is 24.0 Å². The highest BCUT2D eigenvalue weighted by molar-refractivity contribution is 6.26. The van der Waals surface area contributed by atoms with E-state index in [2.05, 4.69) is 17.0 Å². The monoisotopic (exact) mass is 356 g/mol. The lowest BCUT2D eigenvalue weighted by Gasteiger charge is -2.29. The summed E-state index contributed by atoms with van der Waals surface area (Å²) in [5, 5.41) is 1.07. The number of benzene rings is 2. The van der Waals surface area contributed by atoms with E-state index in [4.69, 9.17) is 9.72 Å². The molecule has 0 bridgehead atoms. The predicted octanol–water partition coefficient (Wildman–Crippen LogP) is 4.68. The van der Waals surface area contributed by atoms with Crippen LogP contribution in [0, 0.1) is 0 Å². The van der Waals surface area contributed by atoms with Crippen molar-refractivity contribution in [1.29, 1.82) is 0 Å². The van der Waals surface area contributed by atoms with Gasteiger partial charge in [-0.2, -0.15) is 0 Å². The van der Waals surface area contributed by atoms with E-state index >= 15 is 0 Å². The SMILES string of the molecule is O=C1Oc2ccccc2/C1=C\c1cc2ccccc2nc1N1CCCCC1. The molecule has 2 aliphatic heterocycles. The minimum Gasteiger partial charge on any atom is -0.422 e. The molecule has 2 aliphatic rings. The van der Waals surface area contributed by atoms with Crippen molar-refractivity contribution in [2.24, 2.45) is 0 Å². The highest BCUT2D eigenvalue weighted by atomic mass is 16.5. The maximum absolute atomic E-state index is 12.5. The molecule has 27 heavy (non-hydrogen) atoms. The standard InChI is InChI=1S/C23H20N2O2/c26-23-19(18-9-3-5-11-21(18)27-23)15-17-14-16-8-2-4-10-20(16)24-22(17)25-12-6-1-7-13-25/h2-5,8-11,14-15H,1,6-7,12-13H2/b19-15+. The van der Waals surface area contributed by atoms with Crippen molar-refractivity contribution < 1.29 is 9.53 Å². The molecule has 0 radical (unpaired) electrons. The number of para-hydroxylation sites is 2. The van der Waals surface area contributed by atoms with Crippen molar-refractivity contribution in [3.8, 4) is 5.75 Å². The van der Waals surface area contributed by atoms with Crippen LogP contribution in [0.5, 0.6) is 5.75 Å². The van der Waals surface area contributed by atoms with Crippen LogP contribution in [0.1, 0.15) is 30.4 Å². The van der Waals surface area contributed by atoms with Gasteiger partial charge < -0.3 is 9.64 Å². The molecule has 1 aromatic heterocycles. The third-order valence-corrected chi connectivity index (χ3v) is 5.29. The molecule has 4 nitrogen and oxygen atoms in total. The molecule has 2 aromatic carbocycles. The quantitative estimate of drug-likeness (QED) is 0.380. The van der Waals surface area contributed by atoms with Gasteiger partial charge in [-0.1, -0.05) is 36.4 Å². The number of esters is 1. The van der Waals surface area contributed by atoms with Gasteiger partial charge in [0.2, 0.25) is 0 Å². The third-order valence-electron chi connectivity index (χ3n) is 5.29. The summed E-state index contributed by atoms with van der Waals surface area (Å²) >= 11 is 0. The zero-order chi connectivity index (χ0) is 18.2. The van der Waals surface area contributed by atoms with Gasteiger partial charge in [-0.3, -0.25) is 0 Å². The van der Waals surface area contributed by atoms with Gasteiger partial charge in [0.15, 0.2) is 0 Å². The van der Waals surface area contributed by atoms with E-state index < -0.39 is 0 Å². The van der Waals surface area contributed by atoms with Gasteiger partial charge in [-0.25, -0.2) is 9.78 Å². The van der Waals surface area contributed by atoms with Crippen LogP contribution in [0.2, 0.25) is 0 Å². The number of carbonyl (C=O) groups is 1. The molecular formula is C23H20N2O2. The number of piperidine rings is 1. The molecular weight excluding hydrogens is 336 g/mol. The number of nitrogens with zero attached hydrogens (tertiary/aromatic N) is 2. The van der Waals surface area contributed by atoms with E-state index in [0.29, 0.717) is 11.3 Å². The van der Waals surface area contributed by atoms with E-state index in [1.54, 1.807) is 0 Å². The average Bonchev–Trinajstić information content (AvgIpc) is 3.03. The smallest absolute Gasteiger partial charge is 0.344 e. The third kappa shape index (κ3) is 2.87. The Balaban J connectivity index is 1.68. The molecule has 0 N–H and O–H groups in total. The molecule has 0 spiro atoms. The normalized spacial score (nSPS) is 18.0. The zero-order valence-electron chi connectivity index (χ0n) is 15.0. The Morgan fingerprint density at radius 1 is 0.963 bits per heavy atom. The van der Waals surface area contributed by atoms with E-state index in [1.807, 2.05) is 48.5 Å². The maximum atomic E-state index is 12.5. The number of anilines is 1. The van der Waals surface area contributed by atoms with Gasteiger partial charge in [0.05, 0.1) is 11.1 Å². The lowest BCUT2D eigenvalue weighted by molar-refractivity contribution is -0.126. The van der Waals surface area contributed by atoms with Crippen molar-refractivity contribution in [2.75, 3.05) is 18.0 Å². The number of hydrogen-bond donors (Lipinski definition) is 0. The summed E-state index contributed by atoms with van der Waals surface area (Å²) in [5.41, 5.74) is 3.40. The lowest BCUT2D eigenvalue weighted by Crippen LogP contribution is -2.30. The van der Waals surface area contributed by atoms with Gasteiger partial charge >= 0.3 is 5.97 Å². The number of aromatic nitrogens is 1. The molecule has 4 heteroatoms. The second kappa shape index (κ2) is 6.54. The molecule has 3 aromatic rings. The largest absolute Gasteiger partial charge is 0.422 e. The molecule has 1 fully saturated rings. The Kier molecular flexibility index (Phi) is 3.89. The Hall–Kier alpha value is -3.14. The first kappa shape index (κ1) is 16.1. The van der Waals surface area contributed by atoms with Crippen molar-refractivity contribution in [1.82, 2.24) is 4.98 Å². The second-order valence-corrected chi connectivity index (χ2v) is 7.09. The summed E-state index contributed by atoms with van der Waals surface area (Å²) in [4.78, 5) is 19.8. The molecule has 0 unspecified atom stereocenters. The molecule has 0 saturated carbocycles. The topological polar surface area (TPSA) is 42.4 Å². The Morgan fingerprint density at radius 3 is 2.63 bits per heavy atom. The van der Waals surface area contributed by atoms with Crippen LogP contribution < -0.4 is 9.64 Å². The lowest BCUT2D eigenvalue weighted by atomic mass is 10.0. The van der Waals surface area contributed by atoms with Crippen LogP contribution >= 0.6 is 0 Å². The van der Waals surface area contributed by atoms with Crippen LogP contribution in [0.15, 0.2) is 54.6 Å². The molecule has 134 valence electrons. The fraction of sp³-hybridized carbons (Fsp3) is 0.217. The van der Waals surface area contributed by atoms with Gasteiger partial charge in [0, 0.05) is 29.6 Å². The van der Waals surface area contributed by atoms with Crippen LogP contribution in [0.4, 0.5) is 5.82 Å². The highest BCUT2D eigenvalue weighted by Gasteiger charge is 2.27. The molecule has 1 saturated heterocycles. The number of ether oxygens (including phenoxy) is 1. The van der Waals surface area contributed by atoms with E-state index in [-0.39, 0.29) is 5.97 Å². The summed E-state index contributed by atoms with van der Waals surface area (Å²) in [7, 11) is 0. The molecule has 0 atom stereocenters. The number of pyridine rings is 1. The van der Waals surface area contributed by atoms with E-state index in [1.165, 1.54) is 19.3 Å². The van der Waals surface area contributed by atoms with Crippen molar-refractivity contribution in [3.63, 3.8) is 0 Å². The van der Waals surface area contributed by atoms with E-state index in [9.17, 15) is 4.79 Å². The van der Waals surface area contributed by atoms with Crippen molar-refractivity contribution in [3.05, 3.63) is 65.7 Å². The molecule has 5 rings (SSSR count). The first-order valence-electron chi connectivity index (χ1n) is 9.48. The fourth-order valence-electron chi connectivity index (χ4n) is 3.92. The highest BCUT2D eigenvalue weighted by Crippen LogP contribution is 2.37. The Morgan fingerprint density at radius 2 is 1.74 bits per heavy atom. The summed E-state index contributed by atoms with van der Waals surface area (Å²) in [6, 6.07) is 17.8. The summed E-state index contributed by atoms with van der Waals surface area (Å²) < 4.78 is 5.42. The molecule has 0 amide bonds. The van der Waals surface area contributed by atoms with Crippen LogP contribution in [-0.2, 0) is 4.79 Å². The molecule has 3 heterocycles. The number of rotatable bonds is 2. The van der Waals surface area contributed by atoms with Gasteiger partial charge in [0.1, 0.15) is 11.6 Å². The van der Waals surface area contributed by atoms with Crippen LogP contribution in [0.25, 0.3) is 22.6 Å². The van der Waals surface area contributed by atoms with Crippen molar-refractivity contribution >= 4 is 34.3 Å². The number of carbonyl (C=O) groups excluding carboxylic acids is 1. The first-order valence-corrected chi connectivity index (χ1v) is 9.48. The Labute approximate surface area is 158 Å². The number of fused-ring (bicyclic) bond motifs is 2. The first-order chi connectivity index (χ1) is 13.3. The van der Waals surface area contributed by atoms with E-state index in [0.717, 1.165) is 40.9 Å². The second-order valence-electron chi connectivity index (χ2n) is 7.09. The summed E-state index contributed by atoms with van der Waals surface area (Å²) in [6.07, 6.45) is 5.56. The van der Waals surface area contributed by atoms with Crippen LogP contribution in [0.3, 0.4) is 0 Å². The van der Waals surface area contributed by atoms with Gasteiger partial charge in [-0.15, -0.1) is 0 Å². The van der Waals surface area contributed by atoms with Gasteiger partial charge in [0.25, 0.3) is 0 Å². The fourth-order valence-corrected chi connectivity index (χ4v) is 3.92. The van der Waals surface area contributed by atoms with Gasteiger partial charge in [-0.05, 0) is 43.5 Å². The maximum Gasteiger partial charge on any atom is 0.344 e. The zero-order valence-corrected chi connectivity index (χ0v) is 15.0. The summed E-state index contributed by atoms with van der Waals surface area (Å²) in [6.45, 7) is 2.01. The van der Waals surface area contributed by atoms with Crippen molar-refractivity contribution in [2.45, 2.75) is 19.3 Å². The summed E-state index contributed by atoms with van der Waals surface area (Å²) in [5.74, 6) is 1.29.